The molecule has 1 aliphatic carbocycles. The minimum absolute atomic E-state index is 0.218. The van der Waals surface area contributed by atoms with E-state index in [1.807, 2.05) is 6.07 Å². The van der Waals surface area contributed by atoms with Crippen molar-refractivity contribution >= 4 is 11.0 Å². The van der Waals surface area contributed by atoms with Gasteiger partial charge in [0.05, 0.1) is 5.52 Å². The van der Waals surface area contributed by atoms with Gasteiger partial charge < -0.3 is 10.3 Å². The molecule has 1 fully saturated rings. The molecule has 1 heterocycles. The summed E-state index contributed by atoms with van der Waals surface area (Å²) in [6, 6.07) is 5.75. The highest BCUT2D eigenvalue weighted by molar-refractivity contribution is 5.77. The molecule has 1 aromatic heterocycles. The summed E-state index contributed by atoms with van der Waals surface area (Å²) < 4.78 is 16.1. The van der Waals surface area contributed by atoms with E-state index in [1.54, 1.807) is 6.07 Å². The van der Waals surface area contributed by atoms with Crippen LogP contribution >= 0.6 is 0 Å². The third-order valence-electron chi connectivity index (χ3n) is 3.92. The van der Waals surface area contributed by atoms with Crippen LogP contribution in [0.1, 0.15) is 38.1 Å². The van der Waals surface area contributed by atoms with E-state index in [0.29, 0.717) is 24.0 Å². The van der Waals surface area contributed by atoms with Crippen molar-refractivity contribution in [2.45, 2.75) is 38.6 Å². The summed E-state index contributed by atoms with van der Waals surface area (Å²) in [7, 11) is 0. The first kappa shape index (κ1) is 12.6. The largest absolute Gasteiger partial charge is 0.330 e. The van der Waals surface area contributed by atoms with Crippen LogP contribution in [0.4, 0.5) is 4.39 Å². The number of halogens is 1. The Labute approximate surface area is 112 Å². The summed E-state index contributed by atoms with van der Waals surface area (Å²) >= 11 is 0. The number of hydrogen-bond donors (Lipinski definition) is 1. The van der Waals surface area contributed by atoms with E-state index in [9.17, 15) is 4.39 Å². The van der Waals surface area contributed by atoms with Gasteiger partial charge in [0, 0.05) is 12.5 Å². The fourth-order valence-corrected chi connectivity index (χ4v) is 2.54. The van der Waals surface area contributed by atoms with Gasteiger partial charge in [0.1, 0.15) is 11.3 Å². The van der Waals surface area contributed by atoms with Crippen LogP contribution in [-0.2, 0) is 6.42 Å². The summed E-state index contributed by atoms with van der Waals surface area (Å²) in [5, 5.41) is 0. The highest BCUT2D eigenvalue weighted by atomic mass is 19.1. The van der Waals surface area contributed by atoms with Crippen LogP contribution in [0.2, 0.25) is 0 Å². The maximum absolute atomic E-state index is 13.8. The smallest absolute Gasteiger partial charge is 0.151 e. The Morgan fingerprint density at radius 2 is 2.26 bits per heavy atom. The standard InChI is InChI=1S/C15H20FN3/c1-10(9-17)5-8-14-18-15-12(16)3-2-4-13(15)19(14)11-6-7-11/h2-4,10-11H,5-9,17H2,1H3. The molecule has 2 aromatic rings. The Balaban J connectivity index is 1.98. The van der Waals surface area contributed by atoms with Gasteiger partial charge in [0.2, 0.25) is 0 Å². The van der Waals surface area contributed by atoms with Crippen LogP contribution in [-0.4, -0.2) is 16.1 Å². The number of aromatic nitrogens is 2. The van der Waals surface area contributed by atoms with Gasteiger partial charge in [0.25, 0.3) is 0 Å². The molecule has 102 valence electrons. The van der Waals surface area contributed by atoms with Gasteiger partial charge in [-0.15, -0.1) is 0 Å². The van der Waals surface area contributed by atoms with E-state index < -0.39 is 0 Å². The number of nitrogens with two attached hydrogens (primary N) is 1. The zero-order valence-electron chi connectivity index (χ0n) is 11.3. The van der Waals surface area contributed by atoms with Crippen molar-refractivity contribution in [2.75, 3.05) is 6.54 Å². The quantitative estimate of drug-likeness (QED) is 0.899. The van der Waals surface area contributed by atoms with Crippen LogP contribution in [0.5, 0.6) is 0 Å². The second-order valence-corrected chi connectivity index (χ2v) is 5.62. The predicted octanol–water partition coefficient (Wildman–Crippen LogP) is 3.04. The average molecular weight is 261 g/mol. The summed E-state index contributed by atoms with van der Waals surface area (Å²) in [5.41, 5.74) is 7.12. The normalized spacial score (nSPS) is 17.0. The first-order chi connectivity index (χ1) is 9.20. The van der Waals surface area contributed by atoms with Crippen molar-refractivity contribution in [3.8, 4) is 0 Å². The second-order valence-electron chi connectivity index (χ2n) is 5.62. The third-order valence-corrected chi connectivity index (χ3v) is 3.92. The molecule has 1 saturated carbocycles. The van der Waals surface area contributed by atoms with Crippen molar-refractivity contribution in [1.82, 2.24) is 9.55 Å². The van der Waals surface area contributed by atoms with Crippen LogP contribution in [0, 0.1) is 11.7 Å². The van der Waals surface area contributed by atoms with E-state index in [1.165, 1.54) is 18.9 Å². The lowest BCUT2D eigenvalue weighted by Gasteiger charge is -2.10. The van der Waals surface area contributed by atoms with Gasteiger partial charge in [-0.1, -0.05) is 13.0 Å². The number of fused-ring (bicyclic) bond motifs is 1. The van der Waals surface area contributed by atoms with Gasteiger partial charge in [0.15, 0.2) is 5.82 Å². The molecular formula is C15H20FN3. The topological polar surface area (TPSA) is 43.8 Å². The first-order valence-corrected chi connectivity index (χ1v) is 7.06. The van der Waals surface area contributed by atoms with Crippen molar-refractivity contribution in [3.63, 3.8) is 0 Å². The zero-order valence-corrected chi connectivity index (χ0v) is 11.3. The van der Waals surface area contributed by atoms with Gasteiger partial charge >= 0.3 is 0 Å². The Morgan fingerprint density at radius 3 is 2.95 bits per heavy atom. The molecule has 0 aliphatic heterocycles. The molecule has 0 radical (unpaired) electrons. The number of aryl methyl sites for hydroxylation is 1. The van der Waals surface area contributed by atoms with Gasteiger partial charge in [-0.3, -0.25) is 0 Å². The van der Waals surface area contributed by atoms with Crippen LogP contribution in [0.15, 0.2) is 18.2 Å². The molecule has 3 rings (SSSR count). The lowest BCUT2D eigenvalue weighted by atomic mass is 10.1. The minimum atomic E-state index is -0.218. The molecule has 0 bridgehead atoms. The second kappa shape index (κ2) is 4.93. The number of imidazole rings is 1. The third kappa shape index (κ3) is 2.37. The zero-order chi connectivity index (χ0) is 13.4. The number of benzene rings is 1. The predicted molar refractivity (Wildman–Crippen MR) is 74.5 cm³/mol. The van der Waals surface area contributed by atoms with E-state index in [0.717, 1.165) is 24.2 Å². The van der Waals surface area contributed by atoms with Crippen LogP contribution < -0.4 is 5.73 Å². The molecule has 2 N–H and O–H groups in total. The average Bonchev–Trinajstić information content (AvgIpc) is 3.17. The van der Waals surface area contributed by atoms with E-state index in [-0.39, 0.29) is 5.82 Å². The van der Waals surface area contributed by atoms with Gasteiger partial charge in [-0.2, -0.15) is 0 Å². The Bertz CT molecular complexity index is 586. The van der Waals surface area contributed by atoms with Crippen LogP contribution in [0.3, 0.4) is 0 Å². The molecule has 1 unspecified atom stereocenters. The number of para-hydroxylation sites is 1. The summed E-state index contributed by atoms with van der Waals surface area (Å²) in [6.07, 6.45) is 4.25. The maximum atomic E-state index is 13.8. The fourth-order valence-electron chi connectivity index (χ4n) is 2.54. The van der Waals surface area contributed by atoms with Crippen molar-refractivity contribution in [2.24, 2.45) is 11.7 Å². The lowest BCUT2D eigenvalue weighted by Crippen LogP contribution is -2.12. The monoisotopic (exact) mass is 261 g/mol. The molecule has 1 atom stereocenters. The molecule has 1 aliphatic rings. The minimum Gasteiger partial charge on any atom is -0.330 e. The Kier molecular flexibility index (Phi) is 3.27. The highest BCUT2D eigenvalue weighted by Crippen LogP contribution is 2.39. The Morgan fingerprint density at radius 1 is 1.47 bits per heavy atom. The SMILES string of the molecule is CC(CN)CCc1nc2c(F)cccc2n1C1CC1. The highest BCUT2D eigenvalue weighted by Gasteiger charge is 2.28. The molecule has 4 heteroatoms. The van der Waals surface area contributed by atoms with Crippen molar-refractivity contribution in [3.05, 3.63) is 29.8 Å². The van der Waals surface area contributed by atoms with Gasteiger partial charge in [-0.05, 0) is 43.9 Å². The summed E-state index contributed by atoms with van der Waals surface area (Å²) in [6.45, 7) is 2.84. The first-order valence-electron chi connectivity index (χ1n) is 7.06. The lowest BCUT2D eigenvalue weighted by molar-refractivity contribution is 0.525. The van der Waals surface area contributed by atoms with Crippen molar-refractivity contribution in [1.29, 1.82) is 0 Å². The number of hydrogen-bond acceptors (Lipinski definition) is 2. The number of nitrogens with zero attached hydrogens (tertiary/aromatic N) is 2. The van der Waals surface area contributed by atoms with Gasteiger partial charge in [-0.25, -0.2) is 9.37 Å². The molecule has 0 amide bonds. The molecule has 3 nitrogen and oxygen atoms in total. The van der Waals surface area contributed by atoms with Crippen molar-refractivity contribution < 1.29 is 4.39 Å². The molecule has 1 aromatic carbocycles. The molecule has 0 spiro atoms. The van der Waals surface area contributed by atoms with E-state index >= 15 is 0 Å². The van der Waals surface area contributed by atoms with Crippen LogP contribution in [0.25, 0.3) is 11.0 Å². The molecule has 19 heavy (non-hydrogen) atoms. The number of rotatable bonds is 5. The Hall–Kier alpha value is -1.42. The molecule has 0 saturated heterocycles. The molecular weight excluding hydrogens is 241 g/mol. The summed E-state index contributed by atoms with van der Waals surface area (Å²) in [5.74, 6) is 1.28. The van der Waals surface area contributed by atoms with E-state index in [2.05, 4.69) is 16.5 Å². The summed E-state index contributed by atoms with van der Waals surface area (Å²) in [4.78, 5) is 4.53. The fraction of sp³-hybridized carbons (Fsp3) is 0.533. The van der Waals surface area contributed by atoms with E-state index in [4.69, 9.17) is 5.73 Å². The maximum Gasteiger partial charge on any atom is 0.151 e.